The first-order valence-corrected chi connectivity index (χ1v) is 7.84. The van der Waals surface area contributed by atoms with E-state index in [1.807, 2.05) is 24.3 Å². The molecule has 1 N–H and O–H groups in total. The quantitative estimate of drug-likeness (QED) is 0.943. The predicted octanol–water partition coefficient (Wildman–Crippen LogP) is 2.71. The van der Waals surface area contributed by atoms with Gasteiger partial charge in [0, 0.05) is 37.4 Å². The lowest BCUT2D eigenvalue weighted by molar-refractivity contribution is 0.0950. The fourth-order valence-electron chi connectivity index (χ4n) is 2.75. The zero-order valence-electron chi connectivity index (χ0n) is 13.1. The van der Waals surface area contributed by atoms with Gasteiger partial charge in [0.1, 0.15) is 5.82 Å². The maximum absolute atomic E-state index is 12.2. The van der Waals surface area contributed by atoms with Crippen LogP contribution in [0.1, 0.15) is 10.4 Å². The number of benzene rings is 2. The molecule has 0 radical (unpaired) electrons. The Bertz CT molecular complexity index is 662. The van der Waals surface area contributed by atoms with Gasteiger partial charge in [-0.05, 0) is 24.3 Å². The summed E-state index contributed by atoms with van der Waals surface area (Å²) >= 11 is 0. The van der Waals surface area contributed by atoms with E-state index in [0.717, 1.165) is 26.2 Å². The first kappa shape index (κ1) is 15.2. The topological polar surface area (TPSA) is 35.6 Å². The van der Waals surface area contributed by atoms with E-state index in [4.69, 9.17) is 0 Å². The number of anilines is 1. The number of carbonyl (C=O) groups excluding carboxylic acids is 1. The summed E-state index contributed by atoms with van der Waals surface area (Å²) in [5, 5.41) is 2.89. The molecule has 3 rings (SSSR count). The molecule has 1 aliphatic heterocycles. The van der Waals surface area contributed by atoms with Crippen LogP contribution in [-0.4, -0.2) is 37.0 Å². The Kier molecular flexibility index (Phi) is 4.62. The fourth-order valence-corrected chi connectivity index (χ4v) is 2.75. The van der Waals surface area contributed by atoms with E-state index in [1.165, 1.54) is 5.69 Å². The molecule has 0 aliphatic carbocycles. The zero-order valence-corrected chi connectivity index (χ0v) is 13.1. The summed E-state index contributed by atoms with van der Waals surface area (Å²) in [6.07, 6.45) is 0. The van der Waals surface area contributed by atoms with Crippen LogP contribution in [-0.2, 0) is 0 Å². The molecule has 4 heteroatoms. The highest BCUT2D eigenvalue weighted by Gasteiger charge is 2.19. The van der Waals surface area contributed by atoms with Crippen LogP contribution in [0.4, 0.5) is 5.69 Å². The highest BCUT2D eigenvalue weighted by molar-refractivity contribution is 5.95. The van der Waals surface area contributed by atoms with Gasteiger partial charge in [-0.25, -0.2) is 0 Å². The van der Waals surface area contributed by atoms with E-state index in [1.54, 1.807) is 12.1 Å². The third-order valence-electron chi connectivity index (χ3n) is 4.08. The molecule has 0 saturated carbocycles. The normalized spacial score (nSPS) is 14.4. The third-order valence-corrected chi connectivity index (χ3v) is 4.08. The van der Waals surface area contributed by atoms with Crippen molar-refractivity contribution >= 4 is 11.6 Å². The van der Waals surface area contributed by atoms with E-state index in [2.05, 4.69) is 46.0 Å². The van der Waals surface area contributed by atoms with E-state index in [9.17, 15) is 4.79 Å². The summed E-state index contributed by atoms with van der Waals surface area (Å²) in [4.78, 5) is 16.6. The fraction of sp³-hybridized carbons (Fsp3) is 0.211. The lowest BCUT2D eigenvalue weighted by atomic mass is 10.2. The second kappa shape index (κ2) is 7.01. The summed E-state index contributed by atoms with van der Waals surface area (Å²) in [5.41, 5.74) is 1.89. The molecule has 1 amide bonds. The van der Waals surface area contributed by atoms with E-state index < -0.39 is 0 Å². The van der Waals surface area contributed by atoms with Gasteiger partial charge in [0.15, 0.2) is 0 Å². The van der Waals surface area contributed by atoms with Crippen molar-refractivity contribution < 1.29 is 4.79 Å². The Labute approximate surface area is 137 Å². The van der Waals surface area contributed by atoms with Crippen LogP contribution in [0.15, 0.2) is 73.1 Å². The molecule has 1 fully saturated rings. The monoisotopic (exact) mass is 307 g/mol. The summed E-state index contributed by atoms with van der Waals surface area (Å²) in [6.45, 7) is 7.56. The summed E-state index contributed by atoms with van der Waals surface area (Å²) in [7, 11) is 0. The lowest BCUT2D eigenvalue weighted by Gasteiger charge is -2.38. The van der Waals surface area contributed by atoms with Crippen molar-refractivity contribution in [2.45, 2.75) is 0 Å². The molecule has 1 saturated heterocycles. The minimum absolute atomic E-state index is 0.110. The first-order chi connectivity index (χ1) is 11.2. The Morgan fingerprint density at radius 1 is 0.870 bits per heavy atom. The number of piperazine rings is 1. The number of hydrogen-bond acceptors (Lipinski definition) is 3. The van der Waals surface area contributed by atoms with E-state index >= 15 is 0 Å². The summed E-state index contributed by atoms with van der Waals surface area (Å²) in [6, 6.07) is 19.6. The van der Waals surface area contributed by atoms with Crippen LogP contribution < -0.4 is 10.2 Å². The van der Waals surface area contributed by atoms with Crippen LogP contribution in [0, 0.1) is 0 Å². The minimum atomic E-state index is -0.110. The maximum Gasteiger partial charge on any atom is 0.256 e. The molecule has 0 bridgehead atoms. The number of carbonyl (C=O) groups is 1. The molecule has 0 spiro atoms. The van der Waals surface area contributed by atoms with Crippen molar-refractivity contribution in [3.63, 3.8) is 0 Å². The molecule has 2 aromatic carbocycles. The van der Waals surface area contributed by atoms with Crippen LogP contribution in [0.3, 0.4) is 0 Å². The van der Waals surface area contributed by atoms with Crippen molar-refractivity contribution in [1.29, 1.82) is 0 Å². The van der Waals surface area contributed by atoms with Crippen molar-refractivity contribution in [1.82, 2.24) is 10.2 Å². The van der Waals surface area contributed by atoms with Gasteiger partial charge >= 0.3 is 0 Å². The van der Waals surface area contributed by atoms with Crippen LogP contribution in [0.25, 0.3) is 0 Å². The number of hydrogen-bond donors (Lipinski definition) is 1. The van der Waals surface area contributed by atoms with Crippen molar-refractivity contribution in [2.24, 2.45) is 0 Å². The van der Waals surface area contributed by atoms with Gasteiger partial charge in [0.25, 0.3) is 5.91 Å². The number of amides is 1. The first-order valence-electron chi connectivity index (χ1n) is 7.84. The number of rotatable bonds is 4. The minimum Gasteiger partial charge on any atom is -0.368 e. The summed E-state index contributed by atoms with van der Waals surface area (Å²) < 4.78 is 0. The zero-order chi connectivity index (χ0) is 16.1. The molecule has 0 unspecified atom stereocenters. The lowest BCUT2D eigenvalue weighted by Crippen LogP contribution is -2.48. The van der Waals surface area contributed by atoms with Gasteiger partial charge in [-0.3, -0.25) is 4.79 Å². The SMILES string of the molecule is C=C(NC(=O)c1ccccc1)N1CCN(c2ccccc2)CC1. The van der Waals surface area contributed by atoms with Crippen LogP contribution >= 0.6 is 0 Å². The Morgan fingerprint density at radius 2 is 1.43 bits per heavy atom. The Hall–Kier alpha value is -2.75. The molecule has 0 aromatic heterocycles. The van der Waals surface area contributed by atoms with Crippen molar-refractivity contribution in [3.05, 3.63) is 78.6 Å². The van der Waals surface area contributed by atoms with Crippen molar-refractivity contribution in [3.8, 4) is 0 Å². The molecule has 1 heterocycles. The molecule has 2 aromatic rings. The van der Waals surface area contributed by atoms with Crippen molar-refractivity contribution in [2.75, 3.05) is 31.1 Å². The molecule has 0 atom stereocenters. The standard InChI is InChI=1S/C19H21N3O/c1-16(20-19(23)17-8-4-2-5-9-17)21-12-14-22(15-13-21)18-10-6-3-7-11-18/h2-11H,1,12-15H2,(H,20,23). The number of nitrogens with one attached hydrogen (secondary N) is 1. The molecular formula is C19H21N3O. The number of nitrogens with zero attached hydrogens (tertiary/aromatic N) is 2. The highest BCUT2D eigenvalue weighted by Crippen LogP contribution is 2.16. The van der Waals surface area contributed by atoms with Gasteiger partial charge in [-0.15, -0.1) is 0 Å². The smallest absolute Gasteiger partial charge is 0.256 e. The van der Waals surface area contributed by atoms with Gasteiger partial charge in [-0.2, -0.15) is 0 Å². The second-order valence-corrected chi connectivity index (χ2v) is 5.58. The van der Waals surface area contributed by atoms with E-state index in [0.29, 0.717) is 11.4 Å². The Morgan fingerprint density at radius 3 is 2.04 bits per heavy atom. The molecule has 118 valence electrons. The second-order valence-electron chi connectivity index (χ2n) is 5.58. The predicted molar refractivity (Wildman–Crippen MR) is 93.3 cm³/mol. The third kappa shape index (κ3) is 3.72. The molecule has 1 aliphatic rings. The van der Waals surface area contributed by atoms with E-state index in [-0.39, 0.29) is 5.91 Å². The molecular weight excluding hydrogens is 286 g/mol. The van der Waals surface area contributed by atoms with Crippen LogP contribution in [0.5, 0.6) is 0 Å². The average Bonchev–Trinajstić information content (AvgIpc) is 2.63. The molecule has 4 nitrogen and oxygen atoms in total. The van der Waals surface area contributed by atoms with Crippen LogP contribution in [0.2, 0.25) is 0 Å². The van der Waals surface area contributed by atoms with Gasteiger partial charge < -0.3 is 15.1 Å². The Balaban J connectivity index is 1.53. The van der Waals surface area contributed by atoms with Gasteiger partial charge in [-0.1, -0.05) is 43.0 Å². The average molecular weight is 307 g/mol. The summed E-state index contributed by atoms with van der Waals surface area (Å²) in [5.74, 6) is 0.563. The largest absolute Gasteiger partial charge is 0.368 e. The molecule has 23 heavy (non-hydrogen) atoms. The number of para-hydroxylation sites is 1. The van der Waals surface area contributed by atoms with Gasteiger partial charge in [0.2, 0.25) is 0 Å². The highest BCUT2D eigenvalue weighted by atomic mass is 16.1. The maximum atomic E-state index is 12.2. The van der Waals surface area contributed by atoms with Gasteiger partial charge in [0.05, 0.1) is 0 Å².